The third kappa shape index (κ3) is 2.78. The quantitative estimate of drug-likeness (QED) is 0.793. The van der Waals surface area contributed by atoms with Gasteiger partial charge in [0.15, 0.2) is 15.5 Å². The van der Waals surface area contributed by atoms with Crippen molar-refractivity contribution in [2.75, 3.05) is 18.6 Å². The van der Waals surface area contributed by atoms with Crippen molar-refractivity contribution in [3.05, 3.63) is 35.8 Å². The highest BCUT2D eigenvalue weighted by Crippen LogP contribution is 2.23. The first-order valence-corrected chi connectivity index (χ1v) is 8.56. The molecule has 0 radical (unpaired) electrons. The van der Waals surface area contributed by atoms with Crippen LogP contribution in [0.5, 0.6) is 0 Å². The summed E-state index contributed by atoms with van der Waals surface area (Å²) in [6, 6.07) is 3.42. The van der Waals surface area contributed by atoms with Crippen LogP contribution < -0.4 is 0 Å². The maximum absolute atomic E-state index is 11.7. The van der Waals surface area contributed by atoms with Crippen molar-refractivity contribution in [3.63, 3.8) is 0 Å². The third-order valence-electron chi connectivity index (χ3n) is 3.76. The summed E-state index contributed by atoms with van der Waals surface area (Å²) < 4.78 is 29.5. The van der Waals surface area contributed by atoms with Crippen molar-refractivity contribution in [1.29, 1.82) is 0 Å². The van der Waals surface area contributed by atoms with Gasteiger partial charge in [-0.15, -0.1) is 0 Å². The van der Waals surface area contributed by atoms with E-state index in [4.69, 9.17) is 4.74 Å². The standard InChI is InChI=1S/C14H16N2O4S/c1-20-14(17)12-3-2-5-16-8-11(15-13(12)16)7-10-4-6-21(18,19)9-10/h2-3,5,8,10H,4,6-7,9H2,1H3. The van der Waals surface area contributed by atoms with E-state index in [1.165, 1.54) is 7.11 Å². The monoisotopic (exact) mass is 308 g/mol. The first-order valence-electron chi connectivity index (χ1n) is 6.74. The predicted octanol–water partition coefficient (Wildman–Crippen LogP) is 1.10. The van der Waals surface area contributed by atoms with Crippen molar-refractivity contribution in [2.24, 2.45) is 5.92 Å². The third-order valence-corrected chi connectivity index (χ3v) is 5.60. The van der Waals surface area contributed by atoms with Crippen LogP contribution in [-0.2, 0) is 21.0 Å². The summed E-state index contributed by atoms with van der Waals surface area (Å²) in [5.74, 6) is 0.172. The van der Waals surface area contributed by atoms with Crippen LogP contribution in [0.4, 0.5) is 0 Å². The van der Waals surface area contributed by atoms with E-state index < -0.39 is 15.8 Å². The molecule has 1 fully saturated rings. The number of aromatic nitrogens is 2. The van der Waals surface area contributed by atoms with Crippen molar-refractivity contribution in [2.45, 2.75) is 12.8 Å². The molecule has 2 aromatic heterocycles. The fourth-order valence-electron chi connectivity index (χ4n) is 2.76. The van der Waals surface area contributed by atoms with E-state index in [1.807, 2.05) is 12.4 Å². The summed E-state index contributed by atoms with van der Waals surface area (Å²) >= 11 is 0. The number of nitrogens with zero attached hydrogens (tertiary/aromatic N) is 2. The van der Waals surface area contributed by atoms with Crippen molar-refractivity contribution < 1.29 is 17.9 Å². The van der Waals surface area contributed by atoms with Gasteiger partial charge < -0.3 is 9.14 Å². The van der Waals surface area contributed by atoms with Gasteiger partial charge >= 0.3 is 5.97 Å². The fourth-order valence-corrected chi connectivity index (χ4v) is 4.62. The van der Waals surface area contributed by atoms with Crippen molar-refractivity contribution >= 4 is 21.5 Å². The Kier molecular flexibility index (Phi) is 3.44. The van der Waals surface area contributed by atoms with Crippen molar-refractivity contribution in [1.82, 2.24) is 9.38 Å². The Morgan fingerprint density at radius 3 is 3.00 bits per heavy atom. The molecule has 1 atom stereocenters. The van der Waals surface area contributed by atoms with Crippen LogP contribution >= 0.6 is 0 Å². The van der Waals surface area contributed by atoms with Crippen LogP contribution in [0, 0.1) is 5.92 Å². The number of carbonyl (C=O) groups is 1. The summed E-state index contributed by atoms with van der Waals surface area (Å²) in [4.78, 5) is 16.2. The number of hydrogen-bond donors (Lipinski definition) is 0. The van der Waals surface area contributed by atoms with Crippen molar-refractivity contribution in [3.8, 4) is 0 Å². The lowest BCUT2D eigenvalue weighted by Crippen LogP contribution is -2.07. The number of fused-ring (bicyclic) bond motifs is 1. The highest BCUT2D eigenvalue weighted by molar-refractivity contribution is 7.91. The molecule has 0 aliphatic carbocycles. The second kappa shape index (κ2) is 5.14. The Bertz CT molecular complexity index is 794. The van der Waals surface area contributed by atoms with E-state index in [0.717, 1.165) is 5.69 Å². The molecule has 112 valence electrons. The minimum absolute atomic E-state index is 0.112. The lowest BCUT2D eigenvalue weighted by atomic mass is 10.0. The minimum Gasteiger partial charge on any atom is -0.465 e. The van der Waals surface area contributed by atoms with Crippen LogP contribution in [0.1, 0.15) is 22.5 Å². The molecule has 2 aromatic rings. The van der Waals surface area contributed by atoms with Gasteiger partial charge in [-0.05, 0) is 30.9 Å². The first kappa shape index (κ1) is 14.1. The summed E-state index contributed by atoms with van der Waals surface area (Å²) in [5.41, 5.74) is 1.75. The average Bonchev–Trinajstić information content (AvgIpc) is 3.00. The molecule has 3 heterocycles. The lowest BCUT2D eigenvalue weighted by molar-refractivity contribution is 0.0602. The molecule has 0 bridgehead atoms. The van der Waals surface area contributed by atoms with E-state index in [-0.39, 0.29) is 17.4 Å². The van der Waals surface area contributed by atoms with Gasteiger partial charge in [0.2, 0.25) is 0 Å². The predicted molar refractivity (Wildman–Crippen MR) is 77.0 cm³/mol. The Morgan fingerprint density at radius 2 is 2.33 bits per heavy atom. The fraction of sp³-hybridized carbons (Fsp3) is 0.429. The zero-order chi connectivity index (χ0) is 15.0. The van der Waals surface area contributed by atoms with Gasteiger partial charge in [0.05, 0.1) is 24.3 Å². The second-order valence-electron chi connectivity index (χ2n) is 5.35. The molecule has 21 heavy (non-hydrogen) atoms. The lowest BCUT2D eigenvalue weighted by Gasteiger charge is -2.03. The smallest absolute Gasteiger partial charge is 0.341 e. The van der Waals surface area contributed by atoms with Crippen LogP contribution in [0.15, 0.2) is 24.5 Å². The number of pyridine rings is 1. The highest BCUT2D eigenvalue weighted by Gasteiger charge is 2.28. The zero-order valence-electron chi connectivity index (χ0n) is 11.7. The molecule has 0 spiro atoms. The van der Waals surface area contributed by atoms with Crippen LogP contribution in [-0.4, -0.2) is 42.4 Å². The molecule has 7 heteroatoms. The molecule has 6 nitrogen and oxygen atoms in total. The van der Waals surface area contributed by atoms with E-state index in [9.17, 15) is 13.2 Å². The van der Waals surface area contributed by atoms with Gasteiger partial charge in [0.1, 0.15) is 5.56 Å². The molecule has 0 N–H and O–H groups in total. The van der Waals surface area contributed by atoms with Gasteiger partial charge in [0, 0.05) is 12.4 Å². The Hall–Kier alpha value is -1.89. The normalized spacial score (nSPS) is 20.7. The summed E-state index contributed by atoms with van der Waals surface area (Å²) in [6.45, 7) is 0. The zero-order valence-corrected chi connectivity index (χ0v) is 12.5. The van der Waals surface area contributed by atoms with E-state index >= 15 is 0 Å². The molecular formula is C14H16N2O4S. The number of rotatable bonds is 3. The van der Waals surface area contributed by atoms with Crippen LogP contribution in [0.2, 0.25) is 0 Å². The molecule has 1 unspecified atom stereocenters. The molecular weight excluding hydrogens is 292 g/mol. The summed E-state index contributed by atoms with van der Waals surface area (Å²) in [7, 11) is -1.55. The highest BCUT2D eigenvalue weighted by atomic mass is 32.2. The van der Waals surface area contributed by atoms with Gasteiger partial charge in [-0.1, -0.05) is 0 Å². The van der Waals surface area contributed by atoms with Gasteiger partial charge in [-0.25, -0.2) is 18.2 Å². The Morgan fingerprint density at radius 1 is 1.52 bits per heavy atom. The van der Waals surface area contributed by atoms with Gasteiger partial charge in [0.25, 0.3) is 0 Å². The van der Waals surface area contributed by atoms with Crippen LogP contribution in [0.25, 0.3) is 5.65 Å². The van der Waals surface area contributed by atoms with Gasteiger partial charge in [-0.3, -0.25) is 0 Å². The Balaban J connectivity index is 1.89. The van der Waals surface area contributed by atoms with E-state index in [0.29, 0.717) is 24.1 Å². The van der Waals surface area contributed by atoms with E-state index in [1.54, 1.807) is 16.5 Å². The molecule has 1 aliphatic heterocycles. The number of sulfone groups is 1. The van der Waals surface area contributed by atoms with Crippen LogP contribution in [0.3, 0.4) is 0 Å². The maximum Gasteiger partial charge on any atom is 0.341 e. The minimum atomic E-state index is -2.88. The SMILES string of the molecule is COC(=O)c1cccn2cc(CC3CCS(=O)(=O)C3)nc12. The number of carbonyl (C=O) groups excluding carboxylic acids is 1. The number of imidazole rings is 1. The molecule has 0 saturated carbocycles. The first-order chi connectivity index (χ1) is 9.98. The molecule has 1 aliphatic rings. The number of esters is 1. The summed E-state index contributed by atoms with van der Waals surface area (Å²) in [6.07, 6.45) is 4.94. The number of methoxy groups -OCH3 is 1. The van der Waals surface area contributed by atoms with E-state index in [2.05, 4.69) is 4.98 Å². The second-order valence-corrected chi connectivity index (χ2v) is 7.58. The largest absolute Gasteiger partial charge is 0.465 e. The average molecular weight is 308 g/mol. The molecule has 0 amide bonds. The number of hydrogen-bond acceptors (Lipinski definition) is 5. The Labute approximate surface area is 122 Å². The summed E-state index contributed by atoms with van der Waals surface area (Å²) in [5, 5.41) is 0. The molecule has 3 rings (SSSR count). The molecule has 1 saturated heterocycles. The maximum atomic E-state index is 11.7. The van der Waals surface area contributed by atoms with Gasteiger partial charge in [-0.2, -0.15) is 0 Å². The topological polar surface area (TPSA) is 77.7 Å². The number of ether oxygens (including phenoxy) is 1. The molecule has 0 aromatic carbocycles.